The number of halogens is 2. The van der Waals surface area contributed by atoms with E-state index in [1.807, 2.05) is 0 Å². The molecule has 1 aromatic heterocycles. The maximum atomic E-state index is 14.3. The summed E-state index contributed by atoms with van der Waals surface area (Å²) in [5, 5.41) is 0.285. The second-order valence-electron chi connectivity index (χ2n) is 9.17. The highest BCUT2D eigenvalue weighted by Crippen LogP contribution is 2.34. The lowest BCUT2D eigenvalue weighted by Gasteiger charge is -2.33. The lowest BCUT2D eigenvalue weighted by atomic mass is 9.96. The van der Waals surface area contributed by atoms with E-state index in [1.165, 1.54) is 34.5 Å². The van der Waals surface area contributed by atoms with Crippen LogP contribution in [0.15, 0.2) is 41.3 Å². The van der Waals surface area contributed by atoms with Crippen molar-refractivity contribution in [1.82, 2.24) is 9.29 Å². The Morgan fingerprint density at radius 1 is 1.19 bits per heavy atom. The smallest absolute Gasteiger partial charge is 0.243 e. The normalized spacial score (nSPS) is 19.4. The van der Waals surface area contributed by atoms with Crippen LogP contribution in [0.5, 0.6) is 5.75 Å². The van der Waals surface area contributed by atoms with Gasteiger partial charge in [-0.25, -0.2) is 22.2 Å². The van der Waals surface area contributed by atoms with Gasteiger partial charge in [0.15, 0.2) is 10.9 Å². The molecule has 5 rings (SSSR count). The van der Waals surface area contributed by atoms with Gasteiger partial charge in [-0.2, -0.15) is 4.31 Å². The van der Waals surface area contributed by atoms with Crippen molar-refractivity contribution in [3.05, 3.63) is 48.0 Å². The number of carbonyl (C=O) groups excluding carboxylic acids is 1. The van der Waals surface area contributed by atoms with Gasteiger partial charge in [0.1, 0.15) is 17.1 Å². The molecule has 0 N–H and O–H groups in total. The summed E-state index contributed by atoms with van der Waals surface area (Å²) in [5.41, 5.74) is 0.0203. The van der Waals surface area contributed by atoms with Gasteiger partial charge >= 0.3 is 0 Å². The lowest BCUT2D eigenvalue weighted by Crippen LogP contribution is -2.46. The van der Waals surface area contributed by atoms with Crippen LogP contribution in [-0.4, -0.2) is 63.1 Å². The van der Waals surface area contributed by atoms with Gasteiger partial charge in [-0.1, -0.05) is 11.3 Å². The largest absolute Gasteiger partial charge is 0.497 e. The average Bonchev–Trinajstić information content (AvgIpc) is 3.57. The first-order valence-corrected chi connectivity index (χ1v) is 14.3. The van der Waals surface area contributed by atoms with Gasteiger partial charge in [0.2, 0.25) is 15.9 Å². The quantitative estimate of drug-likeness (QED) is 0.438. The summed E-state index contributed by atoms with van der Waals surface area (Å²) in [6.45, 7) is 1.25. The van der Waals surface area contributed by atoms with Crippen LogP contribution in [0.25, 0.3) is 10.2 Å². The summed E-state index contributed by atoms with van der Waals surface area (Å²) in [6, 6.07) is 8.18. The van der Waals surface area contributed by atoms with Gasteiger partial charge in [-0.3, -0.25) is 9.69 Å². The van der Waals surface area contributed by atoms with Gasteiger partial charge in [-0.05, 0) is 56.0 Å². The molecule has 2 fully saturated rings. The molecule has 0 radical (unpaired) electrons. The van der Waals surface area contributed by atoms with E-state index in [1.54, 1.807) is 12.1 Å². The van der Waals surface area contributed by atoms with Crippen LogP contribution in [0.1, 0.15) is 25.7 Å². The molecule has 0 spiro atoms. The van der Waals surface area contributed by atoms with Crippen LogP contribution in [-0.2, 0) is 19.6 Å². The Kier molecular flexibility index (Phi) is 7.44. The summed E-state index contributed by atoms with van der Waals surface area (Å²) >= 11 is 1.06. The fourth-order valence-corrected chi connectivity index (χ4v) is 7.26. The van der Waals surface area contributed by atoms with Gasteiger partial charge in [0.25, 0.3) is 0 Å². The predicted molar refractivity (Wildman–Crippen MR) is 135 cm³/mol. The zero-order valence-corrected chi connectivity index (χ0v) is 21.9. The number of hydrogen-bond donors (Lipinski definition) is 0. The number of anilines is 1. The Balaban J connectivity index is 1.34. The van der Waals surface area contributed by atoms with Crippen molar-refractivity contribution >= 4 is 42.6 Å². The highest BCUT2D eigenvalue weighted by Gasteiger charge is 2.36. The molecule has 8 nitrogen and oxygen atoms in total. The molecule has 0 aliphatic carbocycles. The minimum atomic E-state index is -3.71. The Morgan fingerprint density at radius 3 is 2.57 bits per heavy atom. The molecular weight excluding hydrogens is 524 g/mol. The maximum Gasteiger partial charge on any atom is 0.243 e. The molecule has 198 valence electrons. The average molecular weight is 552 g/mol. The van der Waals surface area contributed by atoms with E-state index in [2.05, 4.69) is 4.98 Å². The van der Waals surface area contributed by atoms with E-state index in [9.17, 15) is 22.0 Å². The number of aromatic nitrogens is 1. The second-order valence-corrected chi connectivity index (χ2v) is 12.1. The molecule has 1 unspecified atom stereocenters. The molecule has 2 aliphatic heterocycles. The number of methoxy groups -OCH3 is 1. The number of sulfonamides is 1. The van der Waals surface area contributed by atoms with Crippen molar-refractivity contribution in [3.63, 3.8) is 0 Å². The molecule has 2 saturated heterocycles. The van der Waals surface area contributed by atoms with Crippen LogP contribution in [0, 0.1) is 17.6 Å². The van der Waals surface area contributed by atoms with Crippen molar-refractivity contribution in [1.29, 1.82) is 0 Å². The monoisotopic (exact) mass is 551 g/mol. The number of piperidine rings is 1. The molecular formula is C25H27F2N3O5S2. The van der Waals surface area contributed by atoms with Gasteiger partial charge < -0.3 is 9.47 Å². The Hall–Kier alpha value is -2.67. The standard InChI is InChI=1S/C25H27F2N3O5S2/c1-34-18-4-6-20(7-5-18)37(32,33)29-10-8-16(9-11-29)24(31)30(15-19-3-2-12-35-19)25-28-23-21(27)13-17(26)14-22(23)36-25/h4-7,13-14,16,19H,2-3,8-12,15H2,1H3. The zero-order valence-electron chi connectivity index (χ0n) is 20.2. The number of rotatable bonds is 7. The van der Waals surface area contributed by atoms with E-state index in [4.69, 9.17) is 9.47 Å². The summed E-state index contributed by atoms with van der Waals surface area (Å²) in [5.74, 6) is -1.57. The minimum Gasteiger partial charge on any atom is -0.497 e. The van der Waals surface area contributed by atoms with Crippen LogP contribution in [0.4, 0.5) is 13.9 Å². The summed E-state index contributed by atoms with van der Waals surface area (Å²) in [4.78, 5) is 19.7. The number of benzene rings is 2. The molecule has 2 aliphatic rings. The minimum absolute atomic E-state index is 0.0203. The van der Waals surface area contributed by atoms with Gasteiger partial charge in [0.05, 0.1) is 29.4 Å². The predicted octanol–water partition coefficient (Wildman–Crippen LogP) is 4.20. The van der Waals surface area contributed by atoms with Crippen molar-refractivity contribution < 1.29 is 31.5 Å². The zero-order chi connectivity index (χ0) is 26.2. The van der Waals surface area contributed by atoms with Crippen molar-refractivity contribution in [2.75, 3.05) is 38.3 Å². The third-order valence-electron chi connectivity index (χ3n) is 6.81. The molecule has 1 amide bonds. The highest BCUT2D eigenvalue weighted by atomic mass is 32.2. The fraction of sp³-hybridized carbons (Fsp3) is 0.440. The van der Waals surface area contributed by atoms with E-state index in [0.29, 0.717) is 29.9 Å². The first-order valence-electron chi connectivity index (χ1n) is 12.1. The third-order valence-corrected chi connectivity index (χ3v) is 9.75. The Bertz CT molecular complexity index is 1380. The van der Waals surface area contributed by atoms with E-state index < -0.39 is 27.6 Å². The number of amides is 1. The van der Waals surface area contributed by atoms with Crippen molar-refractivity contribution in [2.45, 2.75) is 36.7 Å². The number of hydrogen-bond acceptors (Lipinski definition) is 7. The number of nitrogens with zero attached hydrogens (tertiary/aromatic N) is 3. The van der Waals surface area contributed by atoms with E-state index in [-0.39, 0.29) is 47.2 Å². The van der Waals surface area contributed by atoms with Crippen LogP contribution < -0.4 is 9.64 Å². The summed E-state index contributed by atoms with van der Waals surface area (Å²) in [6.07, 6.45) is 2.17. The lowest BCUT2D eigenvalue weighted by molar-refractivity contribution is -0.123. The molecule has 0 bridgehead atoms. The SMILES string of the molecule is COc1ccc(S(=O)(=O)N2CCC(C(=O)N(CC3CCCO3)c3nc4c(F)cc(F)cc4s3)CC2)cc1. The second kappa shape index (κ2) is 10.6. The number of fused-ring (bicyclic) bond motifs is 1. The first-order chi connectivity index (χ1) is 17.8. The van der Waals surface area contributed by atoms with Gasteiger partial charge in [-0.15, -0.1) is 0 Å². The molecule has 2 aromatic carbocycles. The highest BCUT2D eigenvalue weighted by molar-refractivity contribution is 7.89. The number of ether oxygens (including phenoxy) is 2. The topological polar surface area (TPSA) is 89.0 Å². The molecule has 1 atom stereocenters. The van der Waals surface area contributed by atoms with Crippen LogP contribution >= 0.6 is 11.3 Å². The number of carbonyl (C=O) groups is 1. The number of thiazole rings is 1. The first kappa shape index (κ1) is 26.0. The molecule has 0 saturated carbocycles. The van der Waals surface area contributed by atoms with Crippen LogP contribution in [0.3, 0.4) is 0 Å². The molecule has 3 aromatic rings. The fourth-order valence-electron chi connectivity index (χ4n) is 4.78. The maximum absolute atomic E-state index is 14.3. The van der Waals surface area contributed by atoms with E-state index >= 15 is 0 Å². The summed E-state index contributed by atoms with van der Waals surface area (Å²) in [7, 11) is -2.20. The molecule has 3 heterocycles. The Morgan fingerprint density at radius 2 is 1.92 bits per heavy atom. The Labute approximate surface area is 217 Å². The molecule has 37 heavy (non-hydrogen) atoms. The van der Waals surface area contributed by atoms with Crippen molar-refractivity contribution in [3.8, 4) is 5.75 Å². The molecule has 12 heteroatoms. The van der Waals surface area contributed by atoms with Crippen molar-refractivity contribution in [2.24, 2.45) is 5.92 Å². The van der Waals surface area contributed by atoms with E-state index in [0.717, 1.165) is 30.2 Å². The summed E-state index contributed by atoms with van der Waals surface area (Å²) < 4.78 is 66.8. The van der Waals surface area contributed by atoms with Crippen LogP contribution in [0.2, 0.25) is 0 Å². The third kappa shape index (κ3) is 5.33. The van der Waals surface area contributed by atoms with Gasteiger partial charge in [0, 0.05) is 31.7 Å².